The summed E-state index contributed by atoms with van der Waals surface area (Å²) in [6.07, 6.45) is 23.7. The fourth-order valence-corrected chi connectivity index (χ4v) is 12.6. The van der Waals surface area contributed by atoms with Crippen LogP contribution in [0.3, 0.4) is 0 Å². The molecule has 1 unspecified atom stereocenters. The molecule has 9 aromatic rings. The third-order valence-corrected chi connectivity index (χ3v) is 18.0. The molecular weight excluding hydrogens is 1180 g/mol. The summed E-state index contributed by atoms with van der Waals surface area (Å²) in [6.45, 7) is 2.06. The number of fused-ring (bicyclic) bond motifs is 3. The summed E-state index contributed by atoms with van der Waals surface area (Å²) in [4.78, 5) is 57.2. The van der Waals surface area contributed by atoms with E-state index >= 15 is 0 Å². The van der Waals surface area contributed by atoms with Crippen LogP contribution in [0, 0.1) is 17.8 Å². The molecule has 0 amide bonds. The van der Waals surface area contributed by atoms with E-state index in [1.165, 1.54) is 0 Å². The third-order valence-electron chi connectivity index (χ3n) is 18.0. The number of Topliss-reactive ketones (excluding diaryl/α,β-unsaturated/α-hetero) is 3. The first-order valence-electron chi connectivity index (χ1n) is 32.9. The molecule has 8 N–H and O–H groups in total. The maximum atomic E-state index is 13.0. The van der Waals surface area contributed by atoms with Crippen LogP contribution < -0.4 is 40.8 Å². The second-order valence-corrected chi connectivity index (χ2v) is 25.5. The number of aryl methyl sites for hydroxylation is 1. The first-order valence-corrected chi connectivity index (χ1v) is 32.9. The van der Waals surface area contributed by atoms with Crippen LogP contribution in [0.4, 0.5) is 46.0 Å². The lowest BCUT2D eigenvalue weighted by atomic mass is 9.97. The molecule has 0 aliphatic heterocycles. The molecule has 15 rings (SSSR count). The lowest BCUT2D eigenvalue weighted by Gasteiger charge is -2.14. The number of pyridine rings is 3. The first kappa shape index (κ1) is 62.5. The van der Waals surface area contributed by atoms with Gasteiger partial charge < -0.3 is 56.1 Å². The Labute approximate surface area is 538 Å². The van der Waals surface area contributed by atoms with Crippen LogP contribution in [0.1, 0.15) is 159 Å². The Bertz CT molecular complexity index is 3740. The number of benzene rings is 1. The standard InChI is InChI=1S/C24H28N4O3.C23H27N5O3.C22H26N6O3/c1-2-16-13-23(26-20-5-3-4-6-22(20)31-18-9-10-18)27-24-19(14-25-28(16)24)21(30)12-15-7-8-17(29)11-15;1-24-22-12-15(27-19-3-2-8-25-23(19)31-17-6-7-17)11-20-18(13-26-28(20)22)21(30)10-14-4-5-16(29)9-14;1-23-20-11-19(26-17-3-2-8-24-22(17)31-15-6-7-15)27-21-16(12-25-28(20)21)18(30)10-13-4-5-14(29)9-13/h3-6,13-15,17-18,29H,2,7-12H2,1H3,(H,26,27);2-3,8,11-14,16-17,24,27,29H,4-7,9-10H2,1H3;2-3,8,11-15,23,29H,4-7,9-10H2,1H3,(H,26,27)/t15-,17-;14?,16-;13-,14-/m001/s1. The zero-order chi connectivity index (χ0) is 64.1. The number of hydrogen-bond donors (Lipinski definition) is 8. The van der Waals surface area contributed by atoms with E-state index in [1.54, 1.807) is 51.6 Å². The molecule has 6 atom stereocenters. The largest absolute Gasteiger partial charge is 0.488 e. The molecule has 8 heterocycles. The van der Waals surface area contributed by atoms with Crippen LogP contribution >= 0.6 is 0 Å². The normalized spacial score (nSPS) is 20.8. The molecule has 0 saturated heterocycles. The minimum atomic E-state index is -0.293. The number of nitrogens with one attached hydrogen (secondary N) is 5. The van der Waals surface area contributed by atoms with Crippen molar-refractivity contribution in [1.29, 1.82) is 0 Å². The van der Waals surface area contributed by atoms with E-state index in [0.29, 0.717) is 102 Å². The van der Waals surface area contributed by atoms with Crippen molar-refractivity contribution in [2.45, 2.75) is 166 Å². The van der Waals surface area contributed by atoms with Gasteiger partial charge in [0.25, 0.3) is 0 Å². The van der Waals surface area contributed by atoms with Crippen LogP contribution in [-0.4, -0.2) is 132 Å². The summed E-state index contributed by atoms with van der Waals surface area (Å²) < 4.78 is 23.0. The number of hydrogen-bond acceptors (Lipinski definition) is 21. The molecule has 0 spiro atoms. The van der Waals surface area contributed by atoms with Gasteiger partial charge in [0.1, 0.15) is 52.6 Å². The Morgan fingerprint density at radius 1 is 0.505 bits per heavy atom. The summed E-state index contributed by atoms with van der Waals surface area (Å²) in [5.41, 5.74) is 7.60. The Morgan fingerprint density at radius 2 is 0.968 bits per heavy atom. The molecule has 0 radical (unpaired) electrons. The van der Waals surface area contributed by atoms with Crippen molar-refractivity contribution >= 4 is 80.2 Å². The monoisotopic (exact) mass is 1260 g/mol. The van der Waals surface area contributed by atoms with Crippen molar-refractivity contribution in [3.63, 3.8) is 0 Å². The fraction of sp³-hybridized carbons (Fsp3) is 0.449. The summed E-state index contributed by atoms with van der Waals surface area (Å²) in [5.74, 6) is 5.43. The predicted octanol–water partition coefficient (Wildman–Crippen LogP) is 11.3. The van der Waals surface area contributed by atoms with Gasteiger partial charge in [-0.2, -0.15) is 19.8 Å². The molecule has 93 heavy (non-hydrogen) atoms. The van der Waals surface area contributed by atoms with E-state index in [9.17, 15) is 29.7 Å². The van der Waals surface area contributed by atoms with Crippen LogP contribution in [0.2, 0.25) is 0 Å². The SMILES string of the molecule is CCc1cc(Nc2ccccc2OC2CC2)nc2c(C(=O)C[C@H]3CC[C@H](O)C3)cnn12.CNc1cc(Nc2cccnc2OC2CC2)cc2c(C(=O)CC3CC[C@H](O)C3)cnn12.CNc1cc(Nc2cccnc2OC2CC2)nc2c(C(=O)C[C@@H]3CC[C@@H](O)C3)cnn12. The highest BCUT2D eigenvalue weighted by Gasteiger charge is 2.32. The van der Waals surface area contributed by atoms with Crippen LogP contribution in [0.15, 0.2) is 104 Å². The van der Waals surface area contributed by atoms with Crippen molar-refractivity contribution in [2.75, 3.05) is 40.7 Å². The van der Waals surface area contributed by atoms with Crippen LogP contribution in [0.25, 0.3) is 16.8 Å². The average Bonchev–Trinajstić information content (AvgIpc) is 1.90. The Balaban J connectivity index is 0.000000127. The van der Waals surface area contributed by atoms with E-state index in [2.05, 4.69) is 63.8 Å². The average molecular weight is 1260 g/mol. The van der Waals surface area contributed by atoms with Crippen LogP contribution in [0.5, 0.6) is 17.5 Å². The topological polar surface area (TPSA) is 303 Å². The maximum Gasteiger partial charge on any atom is 0.238 e. The molecule has 6 aliphatic carbocycles. The quantitative estimate of drug-likeness (QED) is 0.0261. The molecule has 24 nitrogen and oxygen atoms in total. The number of aromatic nitrogens is 10. The van der Waals surface area contributed by atoms with Gasteiger partial charge in [0, 0.05) is 75.3 Å². The van der Waals surface area contributed by atoms with Crippen LogP contribution in [-0.2, 0) is 6.42 Å². The Kier molecular flexibility index (Phi) is 18.8. The van der Waals surface area contributed by atoms with Gasteiger partial charge in [0.2, 0.25) is 11.8 Å². The van der Waals surface area contributed by atoms with Gasteiger partial charge in [0.15, 0.2) is 28.6 Å². The van der Waals surface area contributed by atoms with Gasteiger partial charge in [-0.05, 0) is 163 Å². The van der Waals surface area contributed by atoms with Gasteiger partial charge in [-0.15, -0.1) is 0 Å². The predicted molar refractivity (Wildman–Crippen MR) is 352 cm³/mol. The number of carbonyl (C=O) groups excluding carboxylic acids is 3. The molecule has 24 heteroatoms. The van der Waals surface area contributed by atoms with Crippen molar-refractivity contribution < 1.29 is 43.9 Å². The number of rotatable bonds is 24. The molecule has 6 aliphatic rings. The fourth-order valence-electron chi connectivity index (χ4n) is 12.6. The number of nitrogens with zero attached hydrogens (tertiary/aromatic N) is 10. The highest BCUT2D eigenvalue weighted by Crippen LogP contribution is 2.39. The summed E-state index contributed by atoms with van der Waals surface area (Å²) in [7, 11) is 3.63. The van der Waals surface area contributed by atoms with Gasteiger partial charge in [0.05, 0.1) is 70.9 Å². The van der Waals surface area contributed by atoms with Crippen molar-refractivity contribution in [3.8, 4) is 17.5 Å². The molecule has 6 fully saturated rings. The summed E-state index contributed by atoms with van der Waals surface area (Å²) in [5, 5.41) is 58.9. The van der Waals surface area contributed by atoms with Gasteiger partial charge >= 0.3 is 0 Å². The third kappa shape index (κ3) is 15.1. The van der Waals surface area contributed by atoms with Crippen molar-refractivity contribution in [2.24, 2.45) is 17.8 Å². The maximum absolute atomic E-state index is 13.0. The number of para-hydroxylation sites is 2. The molecular formula is C69H81N15O9. The number of anilines is 8. The Hall–Kier alpha value is -9.26. The van der Waals surface area contributed by atoms with E-state index in [0.717, 1.165) is 129 Å². The van der Waals surface area contributed by atoms with Crippen molar-refractivity contribution in [3.05, 3.63) is 126 Å². The number of aliphatic hydroxyl groups is 3. The highest BCUT2D eigenvalue weighted by molar-refractivity contribution is 6.04. The molecule has 6 saturated carbocycles. The lowest BCUT2D eigenvalue weighted by molar-refractivity contribution is 0.0949. The van der Waals surface area contributed by atoms with E-state index < -0.39 is 0 Å². The van der Waals surface area contributed by atoms with E-state index in [-0.39, 0.29) is 65.6 Å². The van der Waals surface area contributed by atoms with Gasteiger partial charge in [-0.1, -0.05) is 19.1 Å². The molecule has 1 aromatic carbocycles. The van der Waals surface area contributed by atoms with E-state index in [4.69, 9.17) is 19.2 Å². The molecule has 486 valence electrons. The van der Waals surface area contributed by atoms with Crippen molar-refractivity contribution in [1.82, 2.24) is 48.8 Å². The minimum absolute atomic E-state index is 0.0000587. The number of ether oxygens (including phenoxy) is 3. The molecule has 0 bridgehead atoms. The van der Waals surface area contributed by atoms with Gasteiger partial charge in [-0.3, -0.25) is 14.4 Å². The lowest BCUT2D eigenvalue weighted by Crippen LogP contribution is -2.09. The highest BCUT2D eigenvalue weighted by atomic mass is 16.5. The second-order valence-electron chi connectivity index (χ2n) is 25.5. The number of aliphatic hydroxyl groups excluding tert-OH is 3. The summed E-state index contributed by atoms with van der Waals surface area (Å²) >= 11 is 0. The summed E-state index contributed by atoms with van der Waals surface area (Å²) in [6, 6.07) is 23.1. The zero-order valence-corrected chi connectivity index (χ0v) is 52.7. The van der Waals surface area contributed by atoms with E-state index in [1.807, 2.05) is 79.8 Å². The molecule has 8 aromatic heterocycles. The number of ketones is 3. The second kappa shape index (κ2) is 27.9. The van der Waals surface area contributed by atoms with Gasteiger partial charge in [-0.25, -0.2) is 29.0 Å². The Morgan fingerprint density at radius 3 is 1.51 bits per heavy atom. The minimum Gasteiger partial charge on any atom is -0.488 e. The zero-order valence-electron chi connectivity index (χ0n) is 52.7. The number of carbonyl (C=O) groups is 3. The smallest absolute Gasteiger partial charge is 0.238 e. The first-order chi connectivity index (χ1) is 45.3.